The number of ether oxygens (including phenoxy) is 2. The zero-order valence-corrected chi connectivity index (χ0v) is 12.8. The van der Waals surface area contributed by atoms with Gasteiger partial charge in [0.15, 0.2) is 6.61 Å². The molecule has 2 N–H and O–H groups in total. The fourth-order valence-electron chi connectivity index (χ4n) is 1.85. The molecule has 2 rings (SSSR count). The first-order chi connectivity index (χ1) is 11.5. The summed E-state index contributed by atoms with van der Waals surface area (Å²) in [5.74, 6) is -1.49. The number of carboxylic acids is 1. The van der Waals surface area contributed by atoms with Crippen molar-refractivity contribution < 1.29 is 29.0 Å². The van der Waals surface area contributed by atoms with Crippen molar-refractivity contribution >= 4 is 23.5 Å². The highest BCUT2D eigenvalue weighted by molar-refractivity contribution is 5.93. The molecule has 0 heterocycles. The van der Waals surface area contributed by atoms with Crippen molar-refractivity contribution in [3.05, 3.63) is 59.7 Å². The van der Waals surface area contributed by atoms with E-state index in [2.05, 4.69) is 10.1 Å². The number of hydrogen-bond donors (Lipinski definition) is 2. The highest BCUT2D eigenvalue weighted by atomic mass is 16.5. The lowest BCUT2D eigenvalue weighted by Gasteiger charge is -2.08. The van der Waals surface area contributed by atoms with Crippen LogP contribution in [0.3, 0.4) is 0 Å². The number of carbonyl (C=O) groups is 3. The van der Waals surface area contributed by atoms with Crippen LogP contribution in [0.25, 0.3) is 0 Å². The molecule has 0 bridgehead atoms. The molecule has 0 saturated carbocycles. The van der Waals surface area contributed by atoms with Crippen molar-refractivity contribution in [2.45, 2.75) is 0 Å². The Morgan fingerprint density at radius 3 is 2.08 bits per heavy atom. The second kappa shape index (κ2) is 7.77. The van der Waals surface area contributed by atoms with Gasteiger partial charge in [-0.15, -0.1) is 0 Å². The second-order valence-electron chi connectivity index (χ2n) is 4.74. The zero-order valence-electron chi connectivity index (χ0n) is 12.8. The monoisotopic (exact) mass is 329 g/mol. The number of benzene rings is 2. The molecule has 124 valence electrons. The molecule has 0 aliphatic carbocycles. The van der Waals surface area contributed by atoms with E-state index in [0.717, 1.165) is 0 Å². The summed E-state index contributed by atoms with van der Waals surface area (Å²) in [6.45, 7) is -0.231. The number of esters is 1. The third-order valence-corrected chi connectivity index (χ3v) is 3.06. The minimum atomic E-state index is -1.03. The van der Waals surface area contributed by atoms with Gasteiger partial charge >= 0.3 is 11.9 Å². The standard InChI is InChI=1S/C17H15NO6/c1-23-17(22)12-2-6-13(7-3-12)18-15(19)10-24-14-8-4-11(5-9-14)16(20)21/h2-9H,10H2,1H3,(H,18,19)(H,20,21). The SMILES string of the molecule is COC(=O)c1ccc(NC(=O)COc2ccc(C(=O)O)cc2)cc1. The predicted molar refractivity (Wildman–Crippen MR) is 85.3 cm³/mol. The highest BCUT2D eigenvalue weighted by Gasteiger charge is 2.08. The minimum absolute atomic E-state index is 0.137. The lowest BCUT2D eigenvalue weighted by atomic mass is 10.2. The number of hydrogen-bond acceptors (Lipinski definition) is 5. The molecule has 2 aromatic carbocycles. The van der Waals surface area contributed by atoms with Crippen LogP contribution in [0.15, 0.2) is 48.5 Å². The van der Waals surface area contributed by atoms with Crippen LogP contribution in [0.5, 0.6) is 5.75 Å². The third-order valence-electron chi connectivity index (χ3n) is 3.06. The van der Waals surface area contributed by atoms with E-state index in [9.17, 15) is 14.4 Å². The van der Waals surface area contributed by atoms with Gasteiger partial charge in [-0.1, -0.05) is 0 Å². The van der Waals surface area contributed by atoms with Gasteiger partial charge in [0.25, 0.3) is 5.91 Å². The largest absolute Gasteiger partial charge is 0.484 e. The lowest BCUT2D eigenvalue weighted by molar-refractivity contribution is -0.118. The number of methoxy groups -OCH3 is 1. The van der Waals surface area contributed by atoms with Crippen LogP contribution in [0.1, 0.15) is 20.7 Å². The Labute approximate surface area is 137 Å². The second-order valence-corrected chi connectivity index (χ2v) is 4.74. The maximum atomic E-state index is 11.8. The predicted octanol–water partition coefficient (Wildman–Crippen LogP) is 2.19. The number of aromatic carboxylic acids is 1. The summed E-state index contributed by atoms with van der Waals surface area (Å²) in [6, 6.07) is 11.9. The fraction of sp³-hybridized carbons (Fsp3) is 0.118. The molecular weight excluding hydrogens is 314 g/mol. The van der Waals surface area contributed by atoms with E-state index >= 15 is 0 Å². The summed E-state index contributed by atoms with van der Waals surface area (Å²) in [7, 11) is 1.29. The summed E-state index contributed by atoms with van der Waals surface area (Å²) < 4.78 is 9.86. The van der Waals surface area contributed by atoms with Crippen molar-refractivity contribution in [2.75, 3.05) is 19.0 Å². The van der Waals surface area contributed by atoms with Crippen LogP contribution >= 0.6 is 0 Å². The first kappa shape index (κ1) is 17.0. The van der Waals surface area contributed by atoms with Crippen LogP contribution in [0.4, 0.5) is 5.69 Å². The van der Waals surface area contributed by atoms with Gasteiger partial charge in [-0.05, 0) is 48.5 Å². The average molecular weight is 329 g/mol. The van der Waals surface area contributed by atoms with Gasteiger partial charge in [0, 0.05) is 5.69 Å². The van der Waals surface area contributed by atoms with Gasteiger partial charge in [-0.2, -0.15) is 0 Å². The smallest absolute Gasteiger partial charge is 0.337 e. The first-order valence-electron chi connectivity index (χ1n) is 6.94. The van der Waals surface area contributed by atoms with Crippen LogP contribution in [0.2, 0.25) is 0 Å². The Bertz CT molecular complexity index is 737. The number of anilines is 1. The van der Waals surface area contributed by atoms with E-state index < -0.39 is 11.9 Å². The molecule has 0 radical (unpaired) electrons. The fourth-order valence-corrected chi connectivity index (χ4v) is 1.85. The Morgan fingerprint density at radius 1 is 0.958 bits per heavy atom. The van der Waals surface area contributed by atoms with Crippen LogP contribution in [0, 0.1) is 0 Å². The zero-order chi connectivity index (χ0) is 17.5. The molecule has 7 heteroatoms. The van der Waals surface area contributed by atoms with Crippen molar-refractivity contribution in [3.8, 4) is 5.75 Å². The quantitative estimate of drug-likeness (QED) is 0.788. The van der Waals surface area contributed by atoms with E-state index in [1.807, 2.05) is 0 Å². The summed E-state index contributed by atoms with van der Waals surface area (Å²) in [5, 5.41) is 11.4. The lowest BCUT2D eigenvalue weighted by Crippen LogP contribution is -2.20. The van der Waals surface area contributed by atoms with Crippen LogP contribution < -0.4 is 10.1 Å². The summed E-state index contributed by atoms with van der Waals surface area (Å²) in [4.78, 5) is 33.9. The maximum Gasteiger partial charge on any atom is 0.337 e. The summed E-state index contributed by atoms with van der Waals surface area (Å²) in [6.07, 6.45) is 0. The van der Waals surface area contributed by atoms with E-state index in [-0.39, 0.29) is 18.1 Å². The Morgan fingerprint density at radius 2 is 1.54 bits per heavy atom. The molecule has 0 atom stereocenters. The van der Waals surface area contributed by atoms with E-state index in [0.29, 0.717) is 17.0 Å². The number of amides is 1. The molecule has 0 spiro atoms. The van der Waals surface area contributed by atoms with Crippen molar-refractivity contribution in [1.29, 1.82) is 0 Å². The van der Waals surface area contributed by atoms with Gasteiger partial charge < -0.3 is 19.9 Å². The Balaban J connectivity index is 1.86. The number of carboxylic acid groups (broad SMARTS) is 1. The maximum absolute atomic E-state index is 11.8. The van der Waals surface area contributed by atoms with Crippen molar-refractivity contribution in [3.63, 3.8) is 0 Å². The van der Waals surface area contributed by atoms with Crippen molar-refractivity contribution in [2.24, 2.45) is 0 Å². The molecule has 2 aromatic rings. The molecule has 0 aliphatic rings. The van der Waals surface area contributed by atoms with Crippen LogP contribution in [-0.2, 0) is 9.53 Å². The topological polar surface area (TPSA) is 102 Å². The van der Waals surface area contributed by atoms with Crippen molar-refractivity contribution in [1.82, 2.24) is 0 Å². The van der Waals surface area contributed by atoms with Gasteiger partial charge in [-0.3, -0.25) is 4.79 Å². The Hall–Kier alpha value is -3.35. The molecule has 24 heavy (non-hydrogen) atoms. The molecule has 0 fully saturated rings. The third kappa shape index (κ3) is 4.57. The van der Waals surface area contributed by atoms with Gasteiger partial charge in [0.1, 0.15) is 5.75 Å². The highest BCUT2D eigenvalue weighted by Crippen LogP contribution is 2.13. The molecule has 1 amide bonds. The van der Waals surface area contributed by atoms with E-state index in [4.69, 9.17) is 9.84 Å². The number of rotatable bonds is 6. The average Bonchev–Trinajstić information content (AvgIpc) is 2.60. The molecule has 0 aromatic heterocycles. The Kier molecular flexibility index (Phi) is 5.51. The normalized spacial score (nSPS) is 9.88. The number of carbonyl (C=O) groups excluding carboxylic acids is 2. The van der Waals surface area contributed by atoms with Gasteiger partial charge in [-0.25, -0.2) is 9.59 Å². The molecule has 7 nitrogen and oxygen atoms in total. The summed E-state index contributed by atoms with van der Waals surface area (Å²) >= 11 is 0. The molecule has 0 aliphatic heterocycles. The minimum Gasteiger partial charge on any atom is -0.484 e. The molecule has 0 unspecified atom stereocenters. The first-order valence-corrected chi connectivity index (χ1v) is 6.94. The van der Waals surface area contributed by atoms with E-state index in [1.165, 1.54) is 43.5 Å². The molecular formula is C17H15NO6. The van der Waals surface area contributed by atoms with Crippen LogP contribution in [-0.4, -0.2) is 36.7 Å². The number of nitrogens with one attached hydrogen (secondary N) is 1. The summed E-state index contributed by atoms with van der Waals surface area (Å²) in [5.41, 5.74) is 1.03. The van der Waals surface area contributed by atoms with E-state index in [1.54, 1.807) is 12.1 Å². The van der Waals surface area contributed by atoms with Gasteiger partial charge in [0.05, 0.1) is 18.2 Å². The molecule has 0 saturated heterocycles. The van der Waals surface area contributed by atoms with Gasteiger partial charge in [0.2, 0.25) is 0 Å².